The molecule has 1 aliphatic heterocycles. The van der Waals surface area contributed by atoms with Crippen molar-refractivity contribution in [2.45, 2.75) is 39.3 Å². The first-order valence-corrected chi connectivity index (χ1v) is 11.7. The van der Waals surface area contributed by atoms with Gasteiger partial charge in [0.2, 0.25) is 0 Å². The van der Waals surface area contributed by atoms with Crippen molar-refractivity contribution in [3.63, 3.8) is 0 Å². The Kier molecular flexibility index (Phi) is 6.90. The molecule has 180 valence electrons. The van der Waals surface area contributed by atoms with E-state index in [1.807, 2.05) is 38.2 Å². The number of carbonyl (C=O) groups excluding carboxylic acids is 1. The minimum Gasteiger partial charge on any atom is -0.490 e. The second kappa shape index (κ2) is 9.87. The number of amidine groups is 1. The largest absolute Gasteiger partial charge is 0.490 e. The van der Waals surface area contributed by atoms with Crippen LogP contribution in [0.15, 0.2) is 42.6 Å². The summed E-state index contributed by atoms with van der Waals surface area (Å²) in [7, 11) is 0. The van der Waals surface area contributed by atoms with Gasteiger partial charge in [0, 0.05) is 35.7 Å². The zero-order valence-corrected chi connectivity index (χ0v) is 20.0. The van der Waals surface area contributed by atoms with E-state index in [9.17, 15) is 9.90 Å². The summed E-state index contributed by atoms with van der Waals surface area (Å²) in [5.41, 5.74) is 2.99. The van der Waals surface area contributed by atoms with Crippen molar-refractivity contribution in [3.05, 3.63) is 59.3 Å². The Bertz CT molecular complexity index is 1200. The zero-order chi connectivity index (χ0) is 24.3. The normalized spacial score (nSPS) is 17.9. The lowest BCUT2D eigenvalue weighted by Crippen LogP contribution is -2.59. The van der Waals surface area contributed by atoms with E-state index >= 15 is 0 Å². The van der Waals surface area contributed by atoms with Crippen LogP contribution in [0.5, 0.6) is 11.5 Å². The van der Waals surface area contributed by atoms with E-state index in [-0.39, 0.29) is 23.9 Å². The van der Waals surface area contributed by atoms with Crippen molar-refractivity contribution in [1.29, 1.82) is 0 Å². The molecule has 1 aliphatic rings. The SMILES string of the molecule is CCOc1ccc(C(=O)NC(=[NH2+])c2cccc3[nH]cc(CN4CCC4(C)CO)c23)cc1OCC. The number of nitrogens with one attached hydrogen (secondary N) is 2. The summed E-state index contributed by atoms with van der Waals surface area (Å²) >= 11 is 0. The molecule has 1 amide bonds. The second-order valence-electron chi connectivity index (χ2n) is 8.76. The zero-order valence-electron chi connectivity index (χ0n) is 20.0. The molecule has 4 rings (SSSR count). The summed E-state index contributed by atoms with van der Waals surface area (Å²) in [5.74, 6) is 1.07. The Balaban J connectivity index is 1.57. The van der Waals surface area contributed by atoms with E-state index in [4.69, 9.17) is 14.9 Å². The van der Waals surface area contributed by atoms with Crippen molar-refractivity contribution in [2.24, 2.45) is 0 Å². The van der Waals surface area contributed by atoms with E-state index in [1.54, 1.807) is 18.2 Å². The monoisotopic (exact) mass is 465 g/mol. The molecule has 0 saturated carbocycles. The van der Waals surface area contributed by atoms with Crippen molar-refractivity contribution in [3.8, 4) is 11.5 Å². The molecule has 5 N–H and O–H groups in total. The number of aliphatic hydroxyl groups is 1. The number of aromatic nitrogens is 1. The van der Waals surface area contributed by atoms with Crippen LogP contribution < -0.4 is 20.2 Å². The molecule has 8 nitrogen and oxygen atoms in total. The number of hydrogen-bond donors (Lipinski definition) is 4. The van der Waals surface area contributed by atoms with Gasteiger partial charge < -0.3 is 19.6 Å². The molecule has 1 aromatic heterocycles. The Hall–Kier alpha value is -3.36. The van der Waals surface area contributed by atoms with Gasteiger partial charge in [-0.05, 0) is 63.1 Å². The van der Waals surface area contributed by atoms with Gasteiger partial charge in [-0.25, -0.2) is 10.1 Å². The molecule has 0 spiro atoms. The van der Waals surface area contributed by atoms with Crippen molar-refractivity contribution >= 4 is 22.6 Å². The highest BCUT2D eigenvalue weighted by Crippen LogP contribution is 2.33. The van der Waals surface area contributed by atoms with Crippen LogP contribution in [0, 0.1) is 0 Å². The minimum atomic E-state index is -0.328. The molecule has 1 fully saturated rings. The number of aromatic amines is 1. The Morgan fingerprint density at radius 3 is 2.65 bits per heavy atom. The predicted molar refractivity (Wildman–Crippen MR) is 131 cm³/mol. The van der Waals surface area contributed by atoms with Crippen LogP contribution in [0.25, 0.3) is 10.9 Å². The number of benzene rings is 2. The molecule has 0 bridgehead atoms. The van der Waals surface area contributed by atoms with Gasteiger partial charge in [-0.15, -0.1) is 0 Å². The molecule has 0 aliphatic carbocycles. The standard InChI is InChI=1S/C26H32N4O4/c1-4-33-21-10-9-17(13-22(21)34-5-2)25(32)29-24(27)19-7-6-8-20-23(19)18(14-28-20)15-30-12-11-26(30,3)16-31/h6-10,13-14,28,31H,4-5,11-12,15-16H2,1-3H3,(H2,27,29,32)/p+1. The van der Waals surface area contributed by atoms with E-state index < -0.39 is 0 Å². The molecule has 2 heterocycles. The van der Waals surface area contributed by atoms with Crippen LogP contribution in [-0.4, -0.2) is 58.6 Å². The van der Waals surface area contributed by atoms with Gasteiger partial charge >= 0.3 is 5.91 Å². The van der Waals surface area contributed by atoms with Gasteiger partial charge in [-0.2, -0.15) is 0 Å². The summed E-state index contributed by atoms with van der Waals surface area (Å²) in [6.45, 7) is 8.56. The van der Waals surface area contributed by atoms with Crippen molar-refractivity contribution in [2.75, 3.05) is 26.4 Å². The molecule has 0 radical (unpaired) electrons. The average Bonchev–Trinajstić information content (AvgIpc) is 3.25. The molecule has 2 aromatic carbocycles. The number of likely N-dealkylation sites (tertiary alicyclic amines) is 1. The molecule has 1 unspecified atom stereocenters. The molecular formula is C26H33N4O4+. The minimum absolute atomic E-state index is 0.123. The van der Waals surface area contributed by atoms with Gasteiger partial charge in [0.05, 0.1) is 30.9 Å². The van der Waals surface area contributed by atoms with Crippen LogP contribution in [0.3, 0.4) is 0 Å². The number of hydrogen-bond acceptors (Lipinski definition) is 5. The Morgan fingerprint density at radius 2 is 1.97 bits per heavy atom. The molecule has 1 saturated heterocycles. The summed E-state index contributed by atoms with van der Waals surface area (Å²) in [6, 6.07) is 10.9. The number of nitrogens with two attached hydrogens (primary N) is 1. The van der Waals surface area contributed by atoms with Gasteiger partial charge in [0.15, 0.2) is 11.5 Å². The van der Waals surface area contributed by atoms with Crippen LogP contribution in [0.1, 0.15) is 48.7 Å². The van der Waals surface area contributed by atoms with Crippen LogP contribution in [-0.2, 0) is 6.54 Å². The summed E-state index contributed by atoms with van der Waals surface area (Å²) < 4.78 is 11.2. The fraction of sp³-hybridized carbons (Fsp3) is 0.385. The van der Waals surface area contributed by atoms with Gasteiger partial charge in [0.1, 0.15) is 0 Å². The third-order valence-corrected chi connectivity index (χ3v) is 6.52. The highest BCUT2D eigenvalue weighted by molar-refractivity contribution is 6.15. The van der Waals surface area contributed by atoms with E-state index in [2.05, 4.69) is 22.1 Å². The number of aliphatic hydroxyl groups excluding tert-OH is 1. The summed E-state index contributed by atoms with van der Waals surface area (Å²) in [5, 5.41) is 20.0. The van der Waals surface area contributed by atoms with Crippen LogP contribution in [0.4, 0.5) is 0 Å². The summed E-state index contributed by atoms with van der Waals surface area (Å²) in [6.07, 6.45) is 2.94. The fourth-order valence-corrected chi connectivity index (χ4v) is 4.37. The van der Waals surface area contributed by atoms with Gasteiger partial charge in [-0.3, -0.25) is 10.3 Å². The molecular weight excluding hydrogens is 432 g/mol. The highest BCUT2D eigenvalue weighted by Gasteiger charge is 2.40. The number of amides is 1. The first kappa shape index (κ1) is 23.8. The predicted octanol–water partition coefficient (Wildman–Crippen LogP) is 1.86. The number of H-pyrrole nitrogens is 1. The van der Waals surface area contributed by atoms with E-state index in [1.165, 1.54) is 0 Å². The van der Waals surface area contributed by atoms with Crippen molar-refractivity contribution < 1.29 is 24.8 Å². The number of ether oxygens (including phenoxy) is 2. The maximum absolute atomic E-state index is 13.0. The van der Waals surface area contributed by atoms with E-state index in [0.29, 0.717) is 36.8 Å². The quantitative estimate of drug-likeness (QED) is 0.285. The van der Waals surface area contributed by atoms with Gasteiger partial charge in [-0.1, -0.05) is 6.07 Å². The number of rotatable bonds is 9. The third-order valence-electron chi connectivity index (χ3n) is 6.52. The van der Waals surface area contributed by atoms with Crippen LogP contribution in [0.2, 0.25) is 0 Å². The molecule has 1 atom stereocenters. The molecule has 34 heavy (non-hydrogen) atoms. The lowest BCUT2D eigenvalue weighted by atomic mass is 9.87. The maximum atomic E-state index is 13.0. The van der Waals surface area contributed by atoms with Crippen LogP contribution >= 0.6 is 0 Å². The highest BCUT2D eigenvalue weighted by atomic mass is 16.5. The van der Waals surface area contributed by atoms with E-state index in [0.717, 1.165) is 35.0 Å². The Morgan fingerprint density at radius 1 is 1.21 bits per heavy atom. The lowest BCUT2D eigenvalue weighted by Gasteiger charge is -2.49. The molecule has 8 heteroatoms. The average molecular weight is 466 g/mol. The van der Waals surface area contributed by atoms with Crippen molar-refractivity contribution in [1.82, 2.24) is 15.2 Å². The fourth-order valence-electron chi connectivity index (χ4n) is 4.37. The molecule has 3 aromatic rings. The smallest absolute Gasteiger partial charge is 0.339 e. The second-order valence-corrected chi connectivity index (χ2v) is 8.76. The third kappa shape index (κ3) is 4.51. The first-order chi connectivity index (χ1) is 16.4. The number of carbonyl (C=O) groups is 1. The Labute approximate surface area is 199 Å². The topological polar surface area (TPSA) is 112 Å². The number of nitrogens with zero attached hydrogens (tertiary/aromatic N) is 1. The van der Waals surface area contributed by atoms with Gasteiger partial charge in [0.25, 0.3) is 5.84 Å². The number of fused-ring (bicyclic) bond motifs is 1. The summed E-state index contributed by atoms with van der Waals surface area (Å²) in [4.78, 5) is 18.6. The maximum Gasteiger partial charge on any atom is 0.339 e. The first-order valence-electron chi connectivity index (χ1n) is 11.7. The lowest BCUT2D eigenvalue weighted by molar-refractivity contribution is -0.116.